The molecular formula is C22H21ClN2O4S. The van der Waals surface area contributed by atoms with Gasteiger partial charge >= 0.3 is 6.09 Å². The van der Waals surface area contributed by atoms with Crippen LogP contribution >= 0.6 is 11.6 Å². The molecule has 2 aromatic rings. The van der Waals surface area contributed by atoms with E-state index in [4.69, 9.17) is 16.3 Å². The number of halogens is 1. The van der Waals surface area contributed by atoms with E-state index in [2.05, 4.69) is 4.98 Å². The average molecular weight is 445 g/mol. The molecule has 2 atom stereocenters. The molecule has 0 saturated carbocycles. The molecule has 0 aliphatic carbocycles. The third kappa shape index (κ3) is 3.52. The van der Waals surface area contributed by atoms with E-state index in [-0.39, 0.29) is 9.80 Å². The van der Waals surface area contributed by atoms with Crippen molar-refractivity contribution in [3.63, 3.8) is 0 Å². The quantitative estimate of drug-likeness (QED) is 0.515. The van der Waals surface area contributed by atoms with Crippen molar-refractivity contribution >= 4 is 33.1 Å². The minimum atomic E-state index is -3.87. The Labute approximate surface area is 180 Å². The van der Waals surface area contributed by atoms with Gasteiger partial charge in [0.25, 0.3) is 0 Å². The number of carbonyl (C=O) groups excluding carboxylic acids is 1. The molecule has 1 amide bonds. The molecule has 1 aromatic heterocycles. The largest absolute Gasteiger partial charge is 0.444 e. The standard InChI is InChI=1S/C22H21ClN2O4S/c1-22(2,3)29-21(26)25-16-10-11-17(25)20(19(16)14-9-12-18(23)24-13-14)30(27,28)15-7-5-4-6-8-15/h4-13,16-17H,1-3H3. The normalized spacial score (nSPS) is 20.7. The molecule has 0 spiro atoms. The lowest BCUT2D eigenvalue weighted by atomic mass is 9.99. The van der Waals surface area contributed by atoms with Crippen LogP contribution in [0.5, 0.6) is 0 Å². The summed E-state index contributed by atoms with van der Waals surface area (Å²) < 4.78 is 32.8. The van der Waals surface area contributed by atoms with Crippen LogP contribution in [-0.2, 0) is 14.6 Å². The second-order valence-electron chi connectivity index (χ2n) is 8.13. The number of ether oxygens (including phenoxy) is 1. The number of rotatable bonds is 3. The van der Waals surface area contributed by atoms with Crippen LogP contribution < -0.4 is 0 Å². The summed E-state index contributed by atoms with van der Waals surface area (Å²) >= 11 is 5.93. The van der Waals surface area contributed by atoms with E-state index in [1.165, 1.54) is 11.1 Å². The first kappa shape index (κ1) is 20.6. The van der Waals surface area contributed by atoms with Gasteiger partial charge < -0.3 is 4.74 Å². The van der Waals surface area contributed by atoms with Gasteiger partial charge in [-0.05, 0) is 50.6 Å². The Morgan fingerprint density at radius 2 is 1.73 bits per heavy atom. The van der Waals surface area contributed by atoms with Crippen molar-refractivity contribution in [2.75, 3.05) is 0 Å². The van der Waals surface area contributed by atoms with Crippen molar-refractivity contribution < 1.29 is 17.9 Å². The molecule has 6 nitrogen and oxygen atoms in total. The van der Waals surface area contributed by atoms with Gasteiger partial charge in [-0.1, -0.05) is 42.0 Å². The van der Waals surface area contributed by atoms with Crippen LogP contribution in [0.3, 0.4) is 0 Å². The number of aromatic nitrogens is 1. The predicted octanol–water partition coefficient (Wildman–Crippen LogP) is 4.48. The lowest BCUT2D eigenvalue weighted by molar-refractivity contribution is 0.0248. The molecule has 1 aromatic carbocycles. The van der Waals surface area contributed by atoms with Gasteiger partial charge in [-0.15, -0.1) is 0 Å². The zero-order valence-corrected chi connectivity index (χ0v) is 18.3. The molecule has 2 unspecified atom stereocenters. The molecular weight excluding hydrogens is 424 g/mol. The Hall–Kier alpha value is -2.64. The van der Waals surface area contributed by atoms with Crippen LogP contribution in [0.15, 0.2) is 70.6 Å². The first-order chi connectivity index (χ1) is 14.1. The fourth-order valence-electron chi connectivity index (χ4n) is 3.74. The maximum absolute atomic E-state index is 13.6. The van der Waals surface area contributed by atoms with Crippen molar-refractivity contribution in [3.05, 3.63) is 76.4 Å². The van der Waals surface area contributed by atoms with E-state index in [0.29, 0.717) is 16.3 Å². The molecule has 0 N–H and O–H groups in total. The van der Waals surface area contributed by atoms with E-state index >= 15 is 0 Å². The lowest BCUT2D eigenvalue weighted by Gasteiger charge is -2.28. The Balaban J connectivity index is 1.87. The third-order valence-corrected chi connectivity index (χ3v) is 7.05. The fraction of sp³-hybridized carbons (Fsp3) is 0.273. The van der Waals surface area contributed by atoms with Crippen LogP contribution in [-0.4, -0.2) is 42.1 Å². The van der Waals surface area contributed by atoms with Crippen molar-refractivity contribution in [1.82, 2.24) is 9.88 Å². The van der Waals surface area contributed by atoms with E-state index in [0.717, 1.165) is 0 Å². The fourth-order valence-corrected chi connectivity index (χ4v) is 5.66. The molecule has 156 valence electrons. The first-order valence-corrected chi connectivity index (χ1v) is 11.3. The molecule has 8 heteroatoms. The summed E-state index contributed by atoms with van der Waals surface area (Å²) in [6.45, 7) is 5.32. The van der Waals surface area contributed by atoms with E-state index in [1.54, 1.807) is 69.3 Å². The van der Waals surface area contributed by atoms with Crippen molar-refractivity contribution in [2.24, 2.45) is 0 Å². The summed E-state index contributed by atoms with van der Waals surface area (Å²) in [6, 6.07) is 10.2. The average Bonchev–Trinajstić information content (AvgIpc) is 3.24. The highest BCUT2D eigenvalue weighted by atomic mass is 35.5. The van der Waals surface area contributed by atoms with Crippen LogP contribution in [0.1, 0.15) is 26.3 Å². The number of hydrogen-bond acceptors (Lipinski definition) is 5. The van der Waals surface area contributed by atoms with Crippen LogP contribution in [0.4, 0.5) is 4.79 Å². The van der Waals surface area contributed by atoms with Crippen LogP contribution in [0.2, 0.25) is 5.15 Å². The summed E-state index contributed by atoms with van der Waals surface area (Å²) in [7, 11) is -3.87. The highest BCUT2D eigenvalue weighted by Gasteiger charge is 2.51. The van der Waals surface area contributed by atoms with Gasteiger partial charge in [0.2, 0.25) is 9.84 Å². The number of hydrogen-bond donors (Lipinski definition) is 0. The molecule has 0 radical (unpaired) electrons. The number of pyridine rings is 1. The Morgan fingerprint density at radius 1 is 1.07 bits per heavy atom. The summed E-state index contributed by atoms with van der Waals surface area (Å²) in [4.78, 5) is 18.9. The summed E-state index contributed by atoms with van der Waals surface area (Å²) in [5.74, 6) is 0. The minimum absolute atomic E-state index is 0.163. The molecule has 4 rings (SSSR count). The number of benzene rings is 1. The molecule has 2 aliphatic rings. The van der Waals surface area contributed by atoms with Gasteiger partial charge in [-0.25, -0.2) is 18.2 Å². The highest BCUT2D eigenvalue weighted by Crippen LogP contribution is 2.46. The number of sulfone groups is 1. The topological polar surface area (TPSA) is 76.6 Å². The SMILES string of the molecule is CC(C)(C)OC(=O)N1C2C=CC1C(S(=O)(=O)c1ccccc1)=C2c1ccc(Cl)nc1. The maximum atomic E-state index is 13.6. The molecule has 2 aliphatic heterocycles. The van der Waals surface area contributed by atoms with Crippen molar-refractivity contribution in [1.29, 1.82) is 0 Å². The van der Waals surface area contributed by atoms with E-state index in [1.807, 2.05) is 6.08 Å². The summed E-state index contributed by atoms with van der Waals surface area (Å²) in [5, 5.41) is 0.300. The molecule has 3 heterocycles. The number of nitrogens with zero attached hydrogens (tertiary/aromatic N) is 2. The minimum Gasteiger partial charge on any atom is -0.444 e. The van der Waals surface area contributed by atoms with Gasteiger partial charge in [0.1, 0.15) is 10.8 Å². The Kier molecular flexibility index (Phi) is 4.98. The number of carbonyl (C=O) groups is 1. The van der Waals surface area contributed by atoms with Gasteiger partial charge in [-0.3, -0.25) is 4.90 Å². The van der Waals surface area contributed by atoms with Gasteiger partial charge in [-0.2, -0.15) is 0 Å². The number of amides is 1. The molecule has 2 bridgehead atoms. The summed E-state index contributed by atoms with van der Waals surface area (Å²) in [5.41, 5.74) is 0.403. The molecule has 0 fully saturated rings. The predicted molar refractivity (Wildman–Crippen MR) is 115 cm³/mol. The summed E-state index contributed by atoms with van der Waals surface area (Å²) in [6.07, 6.45) is 4.51. The van der Waals surface area contributed by atoms with E-state index < -0.39 is 33.6 Å². The van der Waals surface area contributed by atoms with E-state index in [9.17, 15) is 13.2 Å². The Morgan fingerprint density at radius 3 is 2.33 bits per heavy atom. The van der Waals surface area contributed by atoms with Gasteiger partial charge in [0, 0.05) is 11.8 Å². The monoisotopic (exact) mass is 444 g/mol. The van der Waals surface area contributed by atoms with Crippen LogP contribution in [0, 0.1) is 0 Å². The first-order valence-electron chi connectivity index (χ1n) is 9.45. The van der Waals surface area contributed by atoms with Crippen molar-refractivity contribution in [3.8, 4) is 0 Å². The van der Waals surface area contributed by atoms with Crippen molar-refractivity contribution in [2.45, 2.75) is 43.4 Å². The lowest BCUT2D eigenvalue weighted by Crippen LogP contribution is -2.42. The maximum Gasteiger partial charge on any atom is 0.411 e. The van der Waals surface area contributed by atoms with Crippen LogP contribution in [0.25, 0.3) is 5.57 Å². The number of fused-ring (bicyclic) bond motifs is 2. The van der Waals surface area contributed by atoms with Gasteiger partial charge in [0.15, 0.2) is 0 Å². The van der Waals surface area contributed by atoms with Gasteiger partial charge in [0.05, 0.1) is 21.9 Å². The zero-order chi connectivity index (χ0) is 21.7. The molecule has 0 saturated heterocycles. The smallest absolute Gasteiger partial charge is 0.411 e. The highest BCUT2D eigenvalue weighted by molar-refractivity contribution is 7.95. The second kappa shape index (κ2) is 7.25. The zero-order valence-electron chi connectivity index (χ0n) is 16.7. The third-order valence-electron chi connectivity index (χ3n) is 4.89. The second-order valence-corrected chi connectivity index (χ2v) is 10.4. The molecule has 30 heavy (non-hydrogen) atoms. The Bertz CT molecular complexity index is 1150.